The number of methoxy groups -OCH3 is 1. The number of H-pyrrole nitrogens is 1. The highest BCUT2D eigenvalue weighted by molar-refractivity contribution is 5.75. The van der Waals surface area contributed by atoms with Crippen LogP contribution >= 0.6 is 0 Å². The van der Waals surface area contributed by atoms with Crippen LogP contribution < -0.4 is 4.74 Å². The third-order valence-corrected chi connectivity index (χ3v) is 5.60. The lowest BCUT2D eigenvalue weighted by molar-refractivity contribution is -0.266. The number of nitrogens with one attached hydrogen (secondary N) is 1. The fourth-order valence-electron chi connectivity index (χ4n) is 3.98. The van der Waals surface area contributed by atoms with E-state index in [-0.39, 0.29) is 22.9 Å². The van der Waals surface area contributed by atoms with Gasteiger partial charge in [0.2, 0.25) is 0 Å². The van der Waals surface area contributed by atoms with Gasteiger partial charge in [0, 0.05) is 23.6 Å². The fourth-order valence-corrected chi connectivity index (χ4v) is 3.98. The van der Waals surface area contributed by atoms with E-state index in [0.717, 1.165) is 6.07 Å². The minimum absolute atomic E-state index is 0.0619. The molecule has 3 rings (SSSR count). The van der Waals surface area contributed by atoms with Crippen molar-refractivity contribution in [1.82, 2.24) is 15.0 Å². The monoisotopic (exact) mass is 453 g/mol. The van der Waals surface area contributed by atoms with Gasteiger partial charge in [-0.3, -0.25) is 0 Å². The largest absolute Gasteiger partial charge is 0.496 e. The van der Waals surface area contributed by atoms with Crippen LogP contribution in [0.5, 0.6) is 5.75 Å². The Labute approximate surface area is 183 Å². The molecule has 3 aromatic rings. The zero-order chi connectivity index (χ0) is 23.9. The van der Waals surface area contributed by atoms with E-state index in [2.05, 4.69) is 15.0 Å². The summed E-state index contributed by atoms with van der Waals surface area (Å²) in [6.07, 6.45) is -4.83. The molecule has 0 aliphatic carbocycles. The van der Waals surface area contributed by atoms with E-state index in [1.165, 1.54) is 45.4 Å². The maximum absolute atomic E-state index is 14.1. The van der Waals surface area contributed by atoms with Crippen LogP contribution in [-0.4, -0.2) is 38.9 Å². The second kappa shape index (κ2) is 8.35. The van der Waals surface area contributed by atoms with E-state index in [9.17, 15) is 22.7 Å². The number of aromatic amines is 1. The molecule has 1 unspecified atom stereocenters. The van der Waals surface area contributed by atoms with Crippen LogP contribution in [0.3, 0.4) is 0 Å². The second-order valence-corrected chi connectivity index (χ2v) is 9.09. The van der Waals surface area contributed by atoms with Crippen LogP contribution in [0.25, 0.3) is 11.0 Å². The first-order valence-electron chi connectivity index (χ1n) is 10.2. The van der Waals surface area contributed by atoms with E-state index < -0.39 is 35.9 Å². The molecule has 9 heteroatoms. The molecular formula is C23H27F4N3O2. The molecule has 32 heavy (non-hydrogen) atoms. The van der Waals surface area contributed by atoms with Gasteiger partial charge in [0.15, 0.2) is 5.60 Å². The average molecular weight is 453 g/mol. The summed E-state index contributed by atoms with van der Waals surface area (Å²) in [6.45, 7) is 6.87. The third kappa shape index (κ3) is 4.72. The van der Waals surface area contributed by atoms with Gasteiger partial charge < -0.3 is 14.8 Å². The lowest BCUT2D eigenvalue weighted by Gasteiger charge is -2.38. The van der Waals surface area contributed by atoms with Crippen molar-refractivity contribution in [1.29, 1.82) is 0 Å². The molecule has 2 aromatic heterocycles. The van der Waals surface area contributed by atoms with Gasteiger partial charge in [-0.25, -0.2) is 14.4 Å². The Hall–Kier alpha value is -2.68. The number of benzene rings is 1. The normalized spacial score (nSPS) is 14.7. The second-order valence-electron chi connectivity index (χ2n) is 9.09. The summed E-state index contributed by atoms with van der Waals surface area (Å²) < 4.78 is 61.5. The van der Waals surface area contributed by atoms with Crippen molar-refractivity contribution in [3.63, 3.8) is 0 Å². The van der Waals surface area contributed by atoms with Crippen LogP contribution in [0.2, 0.25) is 0 Å². The Bertz CT molecular complexity index is 1110. The number of halogens is 4. The lowest BCUT2D eigenvalue weighted by atomic mass is 9.73. The van der Waals surface area contributed by atoms with E-state index >= 15 is 0 Å². The van der Waals surface area contributed by atoms with Crippen molar-refractivity contribution in [2.45, 2.75) is 63.6 Å². The Morgan fingerprint density at radius 3 is 2.44 bits per heavy atom. The number of fused-ring (bicyclic) bond motifs is 1. The van der Waals surface area contributed by atoms with Crippen LogP contribution in [0, 0.1) is 5.82 Å². The van der Waals surface area contributed by atoms with E-state index in [1.54, 1.807) is 0 Å². The molecule has 5 nitrogen and oxygen atoms in total. The van der Waals surface area contributed by atoms with E-state index in [1.807, 2.05) is 13.8 Å². The Morgan fingerprint density at radius 1 is 1.16 bits per heavy atom. The summed E-state index contributed by atoms with van der Waals surface area (Å²) in [5, 5.41) is 10.9. The van der Waals surface area contributed by atoms with E-state index in [4.69, 9.17) is 4.74 Å². The molecule has 0 spiro atoms. The lowest BCUT2D eigenvalue weighted by Crippen LogP contribution is -2.51. The molecule has 2 N–H and O–H groups in total. The Kier molecular flexibility index (Phi) is 6.25. The summed E-state index contributed by atoms with van der Waals surface area (Å²) in [6, 6.07) is 5.17. The summed E-state index contributed by atoms with van der Waals surface area (Å²) in [5.74, 6) is 0.294. The first-order valence-corrected chi connectivity index (χ1v) is 10.2. The van der Waals surface area contributed by atoms with Crippen LogP contribution in [0.15, 0.2) is 30.5 Å². The van der Waals surface area contributed by atoms with Gasteiger partial charge in [-0.15, -0.1) is 0 Å². The summed E-state index contributed by atoms with van der Waals surface area (Å²) in [4.78, 5) is 11.5. The van der Waals surface area contributed by atoms with Crippen LogP contribution in [-0.2, 0) is 11.8 Å². The Morgan fingerprint density at radius 2 is 1.84 bits per heavy atom. The molecule has 0 aliphatic heterocycles. The van der Waals surface area contributed by atoms with Crippen molar-refractivity contribution in [2.75, 3.05) is 7.11 Å². The molecular weight excluding hydrogens is 426 g/mol. The molecule has 0 radical (unpaired) electrons. The highest BCUT2D eigenvalue weighted by atomic mass is 19.4. The predicted molar refractivity (Wildman–Crippen MR) is 113 cm³/mol. The standard InChI is InChI=1S/C23H27F4N3O2/c1-13(2)20-28-11-18-17(30-20)9-15(29-18)10-22(31,23(25,26)27)12-21(3,4)16-8-14(24)6-7-19(16)32-5/h6-9,11,13,29,31H,10,12H2,1-5H3. The maximum atomic E-state index is 14.1. The third-order valence-electron chi connectivity index (χ3n) is 5.60. The molecule has 0 bridgehead atoms. The molecule has 1 atom stereocenters. The van der Waals surface area contributed by atoms with Gasteiger partial charge in [-0.05, 0) is 36.1 Å². The van der Waals surface area contributed by atoms with Crippen LogP contribution in [0.4, 0.5) is 17.6 Å². The number of aliphatic hydroxyl groups is 1. The molecule has 0 saturated carbocycles. The van der Waals surface area contributed by atoms with Gasteiger partial charge >= 0.3 is 6.18 Å². The van der Waals surface area contributed by atoms with Crippen molar-refractivity contribution in [3.8, 4) is 5.75 Å². The quantitative estimate of drug-likeness (QED) is 0.468. The molecule has 0 amide bonds. The van der Waals surface area contributed by atoms with Gasteiger partial charge in [0.1, 0.15) is 17.4 Å². The van der Waals surface area contributed by atoms with E-state index in [0.29, 0.717) is 16.9 Å². The maximum Gasteiger partial charge on any atom is 0.417 e. The first-order chi connectivity index (χ1) is 14.8. The molecule has 2 heterocycles. The number of rotatable bonds is 7. The first kappa shape index (κ1) is 24.0. The highest BCUT2D eigenvalue weighted by Crippen LogP contribution is 2.45. The summed E-state index contributed by atoms with van der Waals surface area (Å²) in [7, 11) is 1.36. The number of alkyl halides is 3. The molecule has 174 valence electrons. The van der Waals surface area contributed by atoms with Crippen molar-refractivity contribution >= 4 is 11.0 Å². The van der Waals surface area contributed by atoms with Gasteiger partial charge in [-0.2, -0.15) is 13.2 Å². The van der Waals surface area contributed by atoms with Gasteiger partial charge in [0.05, 0.1) is 24.3 Å². The molecule has 0 aliphatic rings. The van der Waals surface area contributed by atoms with Crippen LogP contribution in [0.1, 0.15) is 57.1 Å². The summed E-state index contributed by atoms with van der Waals surface area (Å²) >= 11 is 0. The van der Waals surface area contributed by atoms with Crippen molar-refractivity contribution < 1.29 is 27.4 Å². The van der Waals surface area contributed by atoms with Gasteiger partial charge in [-0.1, -0.05) is 27.7 Å². The number of aromatic nitrogens is 3. The SMILES string of the molecule is COc1ccc(F)cc1C(C)(C)CC(O)(Cc1cc2nc(C(C)C)ncc2[nH]1)C(F)(F)F. The smallest absolute Gasteiger partial charge is 0.417 e. The number of nitrogens with zero attached hydrogens (tertiary/aromatic N) is 2. The number of hydrogen-bond donors (Lipinski definition) is 2. The molecule has 0 fully saturated rings. The number of hydrogen-bond acceptors (Lipinski definition) is 4. The molecule has 0 saturated heterocycles. The van der Waals surface area contributed by atoms with Crippen molar-refractivity contribution in [2.24, 2.45) is 0 Å². The highest BCUT2D eigenvalue weighted by Gasteiger charge is 2.56. The average Bonchev–Trinajstić information content (AvgIpc) is 3.07. The Balaban J connectivity index is 1.99. The fraction of sp³-hybridized carbons (Fsp3) is 0.478. The van der Waals surface area contributed by atoms with Gasteiger partial charge in [0.25, 0.3) is 0 Å². The zero-order valence-corrected chi connectivity index (χ0v) is 18.6. The summed E-state index contributed by atoms with van der Waals surface area (Å²) in [5.41, 5.74) is -2.95. The van der Waals surface area contributed by atoms with Crippen molar-refractivity contribution in [3.05, 3.63) is 53.4 Å². The molecule has 1 aromatic carbocycles. The minimum Gasteiger partial charge on any atom is -0.496 e. The minimum atomic E-state index is -4.93. The number of ether oxygens (including phenoxy) is 1. The predicted octanol–water partition coefficient (Wildman–Crippen LogP) is 5.43. The topological polar surface area (TPSA) is 71.0 Å². The zero-order valence-electron chi connectivity index (χ0n) is 18.6.